The lowest BCUT2D eigenvalue weighted by Gasteiger charge is -2.22. The molecule has 2 nitrogen and oxygen atoms in total. The molecule has 0 fully saturated rings. The number of nitrogens with one attached hydrogen (secondary N) is 1. The molecule has 0 saturated heterocycles. The third-order valence-electron chi connectivity index (χ3n) is 3.62. The van der Waals surface area contributed by atoms with Gasteiger partial charge in [-0.05, 0) is 38.1 Å². The van der Waals surface area contributed by atoms with Crippen molar-refractivity contribution < 1.29 is 0 Å². The Morgan fingerprint density at radius 1 is 1.35 bits per heavy atom. The van der Waals surface area contributed by atoms with Gasteiger partial charge in [0.25, 0.3) is 0 Å². The van der Waals surface area contributed by atoms with Gasteiger partial charge in [0, 0.05) is 4.88 Å². The van der Waals surface area contributed by atoms with Crippen molar-refractivity contribution in [2.75, 3.05) is 6.54 Å². The highest BCUT2D eigenvalue weighted by molar-refractivity contribution is 7.11. The van der Waals surface area contributed by atoms with E-state index in [0.717, 1.165) is 6.54 Å². The van der Waals surface area contributed by atoms with Crippen LogP contribution in [0.1, 0.15) is 61.7 Å². The molecule has 2 rings (SSSR count). The first-order valence-electron chi connectivity index (χ1n) is 6.98. The molecule has 0 saturated carbocycles. The van der Waals surface area contributed by atoms with E-state index in [1.54, 1.807) is 4.88 Å². The standard InChI is InChI=1S/C14H24N2S/c1-4-7-10(3)13(15-5-2)14-16-11-8-6-9-12(11)17-14/h10,13,15H,4-9H2,1-3H3. The molecule has 2 atom stereocenters. The van der Waals surface area contributed by atoms with Crippen LogP contribution in [-0.4, -0.2) is 11.5 Å². The predicted octanol–water partition coefficient (Wildman–Crippen LogP) is 3.72. The molecule has 1 heterocycles. The van der Waals surface area contributed by atoms with E-state index in [4.69, 9.17) is 4.98 Å². The summed E-state index contributed by atoms with van der Waals surface area (Å²) in [5.74, 6) is 0.686. The van der Waals surface area contributed by atoms with E-state index in [0.29, 0.717) is 12.0 Å². The van der Waals surface area contributed by atoms with E-state index in [1.165, 1.54) is 42.8 Å². The quantitative estimate of drug-likeness (QED) is 0.834. The van der Waals surface area contributed by atoms with E-state index in [2.05, 4.69) is 26.1 Å². The molecule has 0 bridgehead atoms. The normalized spacial score (nSPS) is 18.1. The third-order valence-corrected chi connectivity index (χ3v) is 4.86. The lowest BCUT2D eigenvalue weighted by atomic mass is 9.97. The summed E-state index contributed by atoms with van der Waals surface area (Å²) >= 11 is 1.95. The molecule has 96 valence electrons. The average Bonchev–Trinajstić information content (AvgIpc) is 2.86. The van der Waals surface area contributed by atoms with Gasteiger partial charge in [0.05, 0.1) is 11.7 Å². The topological polar surface area (TPSA) is 24.9 Å². The number of rotatable bonds is 6. The average molecular weight is 252 g/mol. The first-order chi connectivity index (χ1) is 8.26. The van der Waals surface area contributed by atoms with Crippen molar-refractivity contribution in [3.05, 3.63) is 15.6 Å². The van der Waals surface area contributed by atoms with Crippen LogP contribution in [0.25, 0.3) is 0 Å². The van der Waals surface area contributed by atoms with E-state index >= 15 is 0 Å². The van der Waals surface area contributed by atoms with Crippen LogP contribution >= 0.6 is 11.3 Å². The number of nitrogens with zero attached hydrogens (tertiary/aromatic N) is 1. The molecule has 0 amide bonds. The summed E-state index contributed by atoms with van der Waals surface area (Å²) in [4.78, 5) is 6.42. The van der Waals surface area contributed by atoms with Crippen LogP contribution in [0.3, 0.4) is 0 Å². The van der Waals surface area contributed by atoms with E-state index in [-0.39, 0.29) is 0 Å². The van der Waals surface area contributed by atoms with Gasteiger partial charge < -0.3 is 5.32 Å². The van der Waals surface area contributed by atoms with E-state index < -0.39 is 0 Å². The number of thiazole rings is 1. The SMILES string of the molecule is CCCC(C)C(NCC)c1nc2c(s1)CCC2. The molecular weight excluding hydrogens is 228 g/mol. The fraction of sp³-hybridized carbons (Fsp3) is 0.786. The van der Waals surface area contributed by atoms with Crippen LogP contribution in [0.15, 0.2) is 0 Å². The summed E-state index contributed by atoms with van der Waals surface area (Å²) in [5, 5.41) is 4.95. The van der Waals surface area contributed by atoms with Gasteiger partial charge >= 0.3 is 0 Å². The molecule has 1 aliphatic carbocycles. The second kappa shape index (κ2) is 5.96. The zero-order valence-electron chi connectivity index (χ0n) is 11.3. The minimum Gasteiger partial charge on any atom is -0.308 e. The zero-order chi connectivity index (χ0) is 12.3. The van der Waals surface area contributed by atoms with Crippen LogP contribution in [0.4, 0.5) is 0 Å². The minimum atomic E-state index is 0.468. The van der Waals surface area contributed by atoms with Crippen molar-refractivity contribution in [3.63, 3.8) is 0 Å². The number of aryl methyl sites for hydroxylation is 2. The summed E-state index contributed by atoms with van der Waals surface area (Å²) in [6, 6.07) is 0.468. The number of aromatic nitrogens is 1. The number of fused-ring (bicyclic) bond motifs is 1. The van der Waals surface area contributed by atoms with E-state index in [1.807, 2.05) is 11.3 Å². The van der Waals surface area contributed by atoms with Crippen LogP contribution in [0.5, 0.6) is 0 Å². The second-order valence-corrected chi connectivity index (χ2v) is 6.19. The minimum absolute atomic E-state index is 0.468. The molecule has 3 heteroatoms. The summed E-state index contributed by atoms with van der Waals surface area (Å²) in [7, 11) is 0. The fourth-order valence-corrected chi connectivity index (χ4v) is 4.08. The first kappa shape index (κ1) is 13.0. The van der Waals surface area contributed by atoms with Crippen molar-refractivity contribution in [2.24, 2.45) is 5.92 Å². The Bertz CT molecular complexity index is 338. The lowest BCUT2D eigenvalue weighted by molar-refractivity contribution is 0.368. The Labute approximate surface area is 109 Å². The maximum absolute atomic E-state index is 4.87. The van der Waals surface area contributed by atoms with Gasteiger partial charge in [-0.3, -0.25) is 0 Å². The lowest BCUT2D eigenvalue weighted by Crippen LogP contribution is -2.26. The Kier molecular flexibility index (Phi) is 4.57. The zero-order valence-corrected chi connectivity index (χ0v) is 12.1. The molecule has 0 aliphatic heterocycles. The molecule has 1 aliphatic rings. The summed E-state index contributed by atoms with van der Waals surface area (Å²) in [6.07, 6.45) is 6.31. The van der Waals surface area contributed by atoms with Gasteiger partial charge in [-0.1, -0.05) is 27.2 Å². The van der Waals surface area contributed by atoms with Crippen molar-refractivity contribution in [3.8, 4) is 0 Å². The van der Waals surface area contributed by atoms with E-state index in [9.17, 15) is 0 Å². The molecule has 17 heavy (non-hydrogen) atoms. The number of hydrogen-bond acceptors (Lipinski definition) is 3. The molecular formula is C14H24N2S. The van der Waals surface area contributed by atoms with Gasteiger partial charge in [-0.25, -0.2) is 4.98 Å². The molecule has 0 radical (unpaired) electrons. The summed E-state index contributed by atoms with van der Waals surface area (Å²) < 4.78 is 0. The highest BCUT2D eigenvalue weighted by atomic mass is 32.1. The molecule has 1 aromatic rings. The largest absolute Gasteiger partial charge is 0.308 e. The predicted molar refractivity (Wildman–Crippen MR) is 74.6 cm³/mol. The van der Waals surface area contributed by atoms with Crippen molar-refractivity contribution >= 4 is 11.3 Å². The Morgan fingerprint density at radius 2 is 2.18 bits per heavy atom. The number of hydrogen-bond donors (Lipinski definition) is 1. The Balaban J connectivity index is 2.13. The molecule has 0 spiro atoms. The van der Waals surface area contributed by atoms with Crippen LogP contribution in [0, 0.1) is 5.92 Å². The van der Waals surface area contributed by atoms with Gasteiger partial charge in [-0.15, -0.1) is 11.3 Å². The fourth-order valence-electron chi connectivity index (χ4n) is 2.72. The Hall–Kier alpha value is -0.410. The molecule has 2 unspecified atom stereocenters. The van der Waals surface area contributed by atoms with Crippen molar-refractivity contribution in [1.29, 1.82) is 0 Å². The van der Waals surface area contributed by atoms with Crippen LogP contribution in [-0.2, 0) is 12.8 Å². The molecule has 1 aromatic heterocycles. The highest BCUT2D eigenvalue weighted by Crippen LogP contribution is 2.34. The third kappa shape index (κ3) is 2.89. The van der Waals surface area contributed by atoms with Crippen molar-refractivity contribution in [2.45, 2.75) is 58.9 Å². The maximum Gasteiger partial charge on any atom is 0.110 e. The van der Waals surface area contributed by atoms with Gasteiger partial charge in [0.2, 0.25) is 0 Å². The maximum atomic E-state index is 4.87. The molecule has 0 aromatic carbocycles. The Morgan fingerprint density at radius 3 is 2.82 bits per heavy atom. The highest BCUT2D eigenvalue weighted by Gasteiger charge is 2.24. The first-order valence-corrected chi connectivity index (χ1v) is 7.79. The second-order valence-electron chi connectivity index (χ2n) is 5.08. The monoisotopic (exact) mass is 252 g/mol. The summed E-state index contributed by atoms with van der Waals surface area (Å²) in [6.45, 7) is 7.83. The smallest absolute Gasteiger partial charge is 0.110 e. The van der Waals surface area contributed by atoms with Gasteiger partial charge in [-0.2, -0.15) is 0 Å². The summed E-state index contributed by atoms with van der Waals surface area (Å²) in [5.41, 5.74) is 1.39. The van der Waals surface area contributed by atoms with Crippen molar-refractivity contribution in [1.82, 2.24) is 10.3 Å². The van der Waals surface area contributed by atoms with Gasteiger partial charge in [0.15, 0.2) is 0 Å². The molecule has 1 N–H and O–H groups in total. The van der Waals surface area contributed by atoms with Gasteiger partial charge in [0.1, 0.15) is 5.01 Å². The van der Waals surface area contributed by atoms with Crippen LogP contribution in [0.2, 0.25) is 0 Å². The van der Waals surface area contributed by atoms with Crippen LogP contribution < -0.4 is 5.32 Å².